The number of halogens is 3. The van der Waals surface area contributed by atoms with Crippen LogP contribution in [0.2, 0.25) is 5.02 Å². The van der Waals surface area contributed by atoms with E-state index in [1.54, 1.807) is 23.2 Å². The van der Waals surface area contributed by atoms with E-state index in [9.17, 15) is 8.78 Å². The number of hydrazone groups is 1. The Balaban J connectivity index is 2.20. The highest BCUT2D eigenvalue weighted by Gasteiger charge is 2.16. The largest absolute Gasteiger partial charge is 0.438 e. The number of aliphatic imine (C=N–C) groups is 1. The molecule has 0 heterocycles. The quantitative estimate of drug-likeness (QED) is 0.213. The first kappa shape index (κ1) is 23.3. The highest BCUT2D eigenvalue weighted by atomic mass is 35.5. The molecule has 0 atom stereocenters. The molecular formula is C23H24ClF2N3O. The Morgan fingerprint density at radius 1 is 1.23 bits per heavy atom. The van der Waals surface area contributed by atoms with Gasteiger partial charge in [-0.3, -0.25) is 10.0 Å². The van der Waals surface area contributed by atoms with Gasteiger partial charge in [0.25, 0.3) is 6.43 Å². The Morgan fingerprint density at radius 3 is 2.53 bits per heavy atom. The highest BCUT2D eigenvalue weighted by molar-refractivity contribution is 6.31. The number of nitrogens with zero attached hydrogens (tertiary/aromatic N) is 3. The third-order valence-corrected chi connectivity index (χ3v) is 4.66. The maximum absolute atomic E-state index is 12.7. The van der Waals surface area contributed by atoms with E-state index in [1.165, 1.54) is 12.6 Å². The van der Waals surface area contributed by atoms with Gasteiger partial charge in [0.15, 0.2) is 5.76 Å². The van der Waals surface area contributed by atoms with Crippen molar-refractivity contribution in [3.63, 3.8) is 0 Å². The van der Waals surface area contributed by atoms with E-state index in [0.29, 0.717) is 17.1 Å². The molecule has 0 fully saturated rings. The van der Waals surface area contributed by atoms with Crippen molar-refractivity contribution in [1.82, 2.24) is 5.01 Å². The van der Waals surface area contributed by atoms with Crippen molar-refractivity contribution >= 4 is 29.8 Å². The number of hydrogen-bond acceptors (Lipinski definition) is 4. The van der Waals surface area contributed by atoms with Crippen LogP contribution in [0.4, 0.5) is 8.78 Å². The van der Waals surface area contributed by atoms with Crippen molar-refractivity contribution in [3.05, 3.63) is 88.3 Å². The monoisotopic (exact) mass is 431 g/mol. The van der Waals surface area contributed by atoms with Crippen molar-refractivity contribution in [2.24, 2.45) is 10.1 Å². The minimum atomic E-state index is -2.80. The number of benzene rings is 2. The fraction of sp³-hybridized carbons (Fsp3) is 0.217. The molecule has 0 bridgehead atoms. The van der Waals surface area contributed by atoms with Crippen LogP contribution in [0.3, 0.4) is 0 Å². The summed E-state index contributed by atoms with van der Waals surface area (Å²) in [6.07, 6.45) is -0.909. The molecule has 30 heavy (non-hydrogen) atoms. The maximum atomic E-state index is 12.7. The summed E-state index contributed by atoms with van der Waals surface area (Å²) in [5.74, 6) is -0.655. The number of allylic oxidation sites excluding steroid dienone is 2. The van der Waals surface area contributed by atoms with Crippen LogP contribution in [0.15, 0.2) is 71.1 Å². The second-order valence-electron chi connectivity index (χ2n) is 6.62. The molecule has 4 nitrogen and oxygen atoms in total. The molecule has 2 aromatic rings. The van der Waals surface area contributed by atoms with Gasteiger partial charge >= 0.3 is 0 Å². The third kappa shape index (κ3) is 6.26. The van der Waals surface area contributed by atoms with Gasteiger partial charge in [-0.1, -0.05) is 54.1 Å². The molecule has 0 aliphatic heterocycles. The van der Waals surface area contributed by atoms with Crippen LogP contribution in [-0.2, 0) is 11.3 Å². The Labute approximate surface area is 180 Å². The van der Waals surface area contributed by atoms with E-state index in [4.69, 9.17) is 16.3 Å². The summed E-state index contributed by atoms with van der Waals surface area (Å²) in [4.78, 5) is 3.90. The smallest absolute Gasteiger partial charge is 0.294 e. The van der Waals surface area contributed by atoms with Crippen LogP contribution in [0.25, 0.3) is 5.57 Å². The maximum Gasteiger partial charge on any atom is 0.294 e. The summed E-state index contributed by atoms with van der Waals surface area (Å²) in [6, 6.07) is 13.2. The number of ether oxygens (including phenoxy) is 1. The third-order valence-electron chi connectivity index (χ3n) is 4.30. The molecule has 2 rings (SSSR count). The SMILES string of the molecule is C=NN(/C=C(\C)c1cccc(C)c1)Cc1ccc(C(=NC)OC(=C)C(F)F)cc1Cl. The van der Waals surface area contributed by atoms with E-state index in [2.05, 4.69) is 29.5 Å². The summed E-state index contributed by atoms with van der Waals surface area (Å²) in [5.41, 5.74) is 4.53. The first-order valence-electron chi connectivity index (χ1n) is 9.14. The minimum absolute atomic E-state index is 0.0163. The van der Waals surface area contributed by atoms with Gasteiger partial charge in [-0.15, -0.1) is 0 Å². The molecule has 158 valence electrons. The van der Waals surface area contributed by atoms with E-state index >= 15 is 0 Å². The average Bonchev–Trinajstić information content (AvgIpc) is 2.72. The number of aryl methyl sites for hydroxylation is 1. The van der Waals surface area contributed by atoms with E-state index in [-0.39, 0.29) is 5.90 Å². The van der Waals surface area contributed by atoms with Crippen LogP contribution >= 0.6 is 11.6 Å². The van der Waals surface area contributed by atoms with Gasteiger partial charge < -0.3 is 4.74 Å². The van der Waals surface area contributed by atoms with Gasteiger partial charge in [0.2, 0.25) is 5.90 Å². The van der Waals surface area contributed by atoms with Crippen LogP contribution in [-0.4, -0.2) is 31.1 Å². The lowest BCUT2D eigenvalue weighted by Crippen LogP contribution is -2.12. The minimum Gasteiger partial charge on any atom is -0.438 e. The Kier molecular flexibility index (Phi) is 8.30. The predicted octanol–water partition coefficient (Wildman–Crippen LogP) is 6.30. The zero-order valence-electron chi connectivity index (χ0n) is 17.2. The molecule has 0 aliphatic rings. The molecule has 0 aliphatic carbocycles. The average molecular weight is 432 g/mol. The summed E-state index contributed by atoms with van der Waals surface area (Å²) in [5, 5.41) is 6.16. The fourth-order valence-electron chi connectivity index (χ4n) is 2.71. The number of alkyl halides is 2. The molecule has 0 N–H and O–H groups in total. The van der Waals surface area contributed by atoms with Crippen LogP contribution < -0.4 is 0 Å². The molecule has 0 saturated heterocycles. The highest BCUT2D eigenvalue weighted by Crippen LogP contribution is 2.23. The molecule has 2 aromatic carbocycles. The van der Waals surface area contributed by atoms with Gasteiger partial charge in [0.1, 0.15) is 0 Å². The molecule has 0 spiro atoms. The van der Waals surface area contributed by atoms with Crippen LogP contribution in [0.5, 0.6) is 0 Å². The van der Waals surface area contributed by atoms with Gasteiger partial charge in [-0.2, -0.15) is 5.10 Å². The molecule has 0 aromatic heterocycles. The summed E-state index contributed by atoms with van der Waals surface area (Å²) in [6.45, 7) is 11.2. The summed E-state index contributed by atoms with van der Waals surface area (Å²) in [7, 11) is 1.44. The Bertz CT molecular complexity index is 986. The first-order chi connectivity index (χ1) is 14.2. The zero-order valence-corrected chi connectivity index (χ0v) is 18.0. The number of hydrogen-bond donors (Lipinski definition) is 0. The van der Waals surface area contributed by atoms with Crippen LogP contribution in [0, 0.1) is 6.92 Å². The fourth-order valence-corrected chi connectivity index (χ4v) is 2.95. The molecule has 0 amide bonds. The van der Waals surface area contributed by atoms with E-state index < -0.39 is 12.2 Å². The molecule has 7 heteroatoms. The molecule has 0 radical (unpaired) electrons. The summed E-state index contributed by atoms with van der Waals surface area (Å²) < 4.78 is 30.4. The Hall–Kier alpha value is -2.99. The zero-order chi connectivity index (χ0) is 22.3. The van der Waals surface area contributed by atoms with Gasteiger partial charge in [0.05, 0.1) is 6.54 Å². The van der Waals surface area contributed by atoms with Crippen molar-refractivity contribution < 1.29 is 13.5 Å². The lowest BCUT2D eigenvalue weighted by Gasteiger charge is -2.17. The van der Waals surface area contributed by atoms with E-state index in [0.717, 1.165) is 16.7 Å². The summed E-state index contributed by atoms with van der Waals surface area (Å²) >= 11 is 6.41. The van der Waals surface area contributed by atoms with Crippen molar-refractivity contribution in [2.75, 3.05) is 7.05 Å². The van der Waals surface area contributed by atoms with Gasteiger partial charge in [-0.25, -0.2) is 8.78 Å². The molecule has 0 saturated carbocycles. The second-order valence-corrected chi connectivity index (χ2v) is 7.03. The normalized spacial score (nSPS) is 12.1. The van der Waals surface area contributed by atoms with Gasteiger partial charge in [-0.05, 0) is 42.7 Å². The van der Waals surface area contributed by atoms with Crippen molar-refractivity contribution in [2.45, 2.75) is 26.8 Å². The number of rotatable bonds is 8. The van der Waals surface area contributed by atoms with Crippen molar-refractivity contribution in [3.8, 4) is 0 Å². The molecular weight excluding hydrogens is 408 g/mol. The topological polar surface area (TPSA) is 37.2 Å². The first-order valence-corrected chi connectivity index (χ1v) is 9.52. The van der Waals surface area contributed by atoms with E-state index in [1.807, 2.05) is 38.2 Å². The lowest BCUT2D eigenvalue weighted by atomic mass is 10.1. The standard InChI is InChI=1S/C23H24ClF2N3O/c1-15-7-6-8-18(11-15)16(2)13-29(28-5)14-20-10-9-19(12-21(20)24)23(27-4)30-17(3)22(25)26/h6-13,22H,3,5,14H2,1-2,4H3/b16-13+,27-23?. The second kappa shape index (κ2) is 10.7. The van der Waals surface area contributed by atoms with Crippen molar-refractivity contribution in [1.29, 1.82) is 0 Å². The lowest BCUT2D eigenvalue weighted by molar-refractivity contribution is 0.135. The predicted molar refractivity (Wildman–Crippen MR) is 120 cm³/mol. The van der Waals surface area contributed by atoms with Crippen LogP contribution in [0.1, 0.15) is 29.2 Å². The molecule has 0 unspecified atom stereocenters. The van der Waals surface area contributed by atoms with Gasteiger partial charge in [0, 0.05) is 30.6 Å². The Morgan fingerprint density at radius 2 is 1.97 bits per heavy atom.